The first-order valence-electron chi connectivity index (χ1n) is 14.6. The van der Waals surface area contributed by atoms with Crippen LogP contribution in [0.1, 0.15) is 41.5 Å². The number of rotatable bonds is 6. The van der Waals surface area contributed by atoms with Crippen LogP contribution in [0, 0.1) is 0 Å². The molecule has 6 nitrogen and oxygen atoms in total. The Morgan fingerprint density at radius 2 is 1.44 bits per heavy atom. The van der Waals surface area contributed by atoms with E-state index in [0.717, 1.165) is 33.6 Å². The van der Waals surface area contributed by atoms with E-state index in [0.29, 0.717) is 30.4 Å². The molecule has 2 atom stereocenters. The van der Waals surface area contributed by atoms with Gasteiger partial charge in [0.1, 0.15) is 5.76 Å². The Hall–Kier alpha value is -5.20. The van der Waals surface area contributed by atoms with Crippen molar-refractivity contribution in [3.05, 3.63) is 167 Å². The van der Waals surface area contributed by atoms with Gasteiger partial charge in [-0.1, -0.05) is 126 Å². The third-order valence-corrected chi connectivity index (χ3v) is 8.24. The Labute approximate surface area is 251 Å². The van der Waals surface area contributed by atoms with Gasteiger partial charge in [-0.15, -0.1) is 0 Å². The number of benzene rings is 4. The Morgan fingerprint density at radius 1 is 0.814 bits per heavy atom. The highest BCUT2D eigenvalue weighted by Gasteiger charge is 2.41. The molecule has 3 heterocycles. The average Bonchev–Trinajstić information content (AvgIpc) is 3.56. The molecule has 2 N–H and O–H groups in total. The van der Waals surface area contributed by atoms with E-state index in [4.69, 9.17) is 20.0 Å². The summed E-state index contributed by atoms with van der Waals surface area (Å²) in [5.74, 6) is 1.73. The smallest absolute Gasteiger partial charge is 0.260 e. The molecule has 0 spiro atoms. The molecule has 4 aromatic carbocycles. The van der Waals surface area contributed by atoms with Gasteiger partial charge in [-0.2, -0.15) is 4.98 Å². The zero-order chi connectivity index (χ0) is 29.2. The molecule has 0 aliphatic carbocycles. The predicted octanol–water partition coefficient (Wildman–Crippen LogP) is 7.59. The summed E-state index contributed by atoms with van der Waals surface area (Å²) in [6.07, 6.45) is 2.21. The molecule has 2 aliphatic heterocycles. The van der Waals surface area contributed by atoms with E-state index in [1.807, 2.05) is 42.5 Å². The Kier molecular flexibility index (Phi) is 7.19. The van der Waals surface area contributed by atoms with Crippen LogP contribution in [0.4, 0.5) is 0 Å². The number of aromatic nitrogens is 2. The largest absolute Gasteiger partial charge is 0.441 e. The van der Waals surface area contributed by atoms with Gasteiger partial charge in [-0.3, -0.25) is 4.90 Å². The first-order valence-corrected chi connectivity index (χ1v) is 14.6. The van der Waals surface area contributed by atoms with Crippen molar-refractivity contribution in [2.75, 3.05) is 13.1 Å². The second-order valence-corrected chi connectivity index (χ2v) is 10.9. The van der Waals surface area contributed by atoms with Gasteiger partial charge in [0, 0.05) is 36.2 Å². The molecule has 43 heavy (non-hydrogen) atoms. The number of nitrogens with two attached hydrogens (primary N) is 1. The van der Waals surface area contributed by atoms with Crippen molar-refractivity contribution in [1.82, 2.24) is 15.0 Å². The van der Waals surface area contributed by atoms with Crippen molar-refractivity contribution >= 4 is 11.6 Å². The van der Waals surface area contributed by atoms with Crippen LogP contribution in [0.25, 0.3) is 23.0 Å². The average molecular weight is 565 g/mol. The van der Waals surface area contributed by atoms with Crippen LogP contribution in [-0.4, -0.2) is 28.1 Å². The highest BCUT2D eigenvalue weighted by atomic mass is 16.5. The minimum atomic E-state index is -0.237. The lowest BCUT2D eigenvalue weighted by atomic mass is 9.79. The van der Waals surface area contributed by atoms with E-state index in [-0.39, 0.29) is 17.8 Å². The van der Waals surface area contributed by atoms with Crippen LogP contribution < -0.4 is 5.73 Å². The molecule has 0 fully saturated rings. The number of nitrogens with zero attached hydrogens (tertiary/aromatic N) is 3. The molecule has 6 heteroatoms. The van der Waals surface area contributed by atoms with Gasteiger partial charge in [-0.05, 0) is 35.3 Å². The number of hydrogen-bond acceptors (Lipinski definition) is 6. The molecule has 0 bridgehead atoms. The van der Waals surface area contributed by atoms with E-state index in [9.17, 15) is 0 Å². The summed E-state index contributed by atoms with van der Waals surface area (Å²) >= 11 is 0. The summed E-state index contributed by atoms with van der Waals surface area (Å²) in [4.78, 5) is 7.30. The third-order valence-electron chi connectivity index (χ3n) is 8.24. The van der Waals surface area contributed by atoms with Crippen LogP contribution in [0.2, 0.25) is 0 Å². The lowest BCUT2D eigenvalue weighted by Crippen LogP contribution is -2.39. The number of allylic oxidation sites excluding steroid dienone is 1. The molecule has 2 aliphatic rings. The van der Waals surface area contributed by atoms with Crippen molar-refractivity contribution < 1.29 is 9.26 Å². The van der Waals surface area contributed by atoms with E-state index in [1.54, 1.807) is 0 Å². The quantitative estimate of drug-likeness (QED) is 0.229. The first-order chi connectivity index (χ1) is 21.2. The fourth-order valence-corrected chi connectivity index (χ4v) is 6.04. The zero-order valence-electron chi connectivity index (χ0n) is 23.9. The van der Waals surface area contributed by atoms with E-state index >= 15 is 0 Å². The molecule has 0 saturated heterocycles. The first kappa shape index (κ1) is 26.7. The normalized spacial score (nSPS) is 18.8. The molecule has 1 unspecified atom stereocenters. The second-order valence-electron chi connectivity index (χ2n) is 10.9. The molecule has 5 aromatic rings. The Morgan fingerprint density at radius 3 is 2.14 bits per heavy atom. The highest BCUT2D eigenvalue weighted by Crippen LogP contribution is 2.48. The second kappa shape index (κ2) is 11.6. The Bertz CT molecular complexity index is 1810. The van der Waals surface area contributed by atoms with Crippen molar-refractivity contribution in [2.24, 2.45) is 5.73 Å². The number of ether oxygens (including phenoxy) is 1. The molecular weight excluding hydrogens is 532 g/mol. The molecule has 1 aromatic heterocycles. The van der Waals surface area contributed by atoms with Crippen molar-refractivity contribution in [3.63, 3.8) is 0 Å². The molecule has 212 valence electrons. The summed E-state index contributed by atoms with van der Waals surface area (Å²) in [6, 6.07) is 41.3. The monoisotopic (exact) mass is 564 g/mol. The van der Waals surface area contributed by atoms with E-state index in [1.165, 1.54) is 5.56 Å². The van der Waals surface area contributed by atoms with E-state index < -0.39 is 0 Å². The maximum absolute atomic E-state index is 6.79. The zero-order valence-corrected chi connectivity index (χ0v) is 23.9. The summed E-state index contributed by atoms with van der Waals surface area (Å²) in [5, 5.41) is 4.31. The molecular formula is C37H32N4O2. The van der Waals surface area contributed by atoms with Crippen LogP contribution >= 0.6 is 0 Å². The highest BCUT2D eigenvalue weighted by molar-refractivity contribution is 5.76. The van der Waals surface area contributed by atoms with Gasteiger partial charge < -0.3 is 15.0 Å². The summed E-state index contributed by atoms with van der Waals surface area (Å²) in [5.41, 5.74) is 14.0. The van der Waals surface area contributed by atoms with Crippen LogP contribution in [0.5, 0.6) is 0 Å². The van der Waals surface area contributed by atoms with Crippen molar-refractivity contribution in [2.45, 2.75) is 18.9 Å². The standard InChI is InChI=1S/C37H32N4O2/c1-25(27-16-8-3-9-17-27)41-23-30(22-26-14-6-2-7-15-26)34-31(24-41)32(28-18-10-4-11-19-28)33(35(38)42-34)37-39-36(40-43-37)29-20-12-5-13-21-29/h2-22,25,32H,23-24,38H2,1H3/b30-22+/t25-,32?/m1/s1. The minimum Gasteiger partial charge on any atom is -0.441 e. The van der Waals surface area contributed by atoms with Gasteiger partial charge in [0.25, 0.3) is 5.89 Å². The Balaban J connectivity index is 1.37. The van der Waals surface area contributed by atoms with Crippen molar-refractivity contribution in [3.8, 4) is 11.4 Å². The van der Waals surface area contributed by atoms with Gasteiger partial charge >= 0.3 is 0 Å². The van der Waals surface area contributed by atoms with Gasteiger partial charge in [-0.25, -0.2) is 0 Å². The van der Waals surface area contributed by atoms with E-state index in [2.05, 4.69) is 102 Å². The molecule has 0 saturated carbocycles. The van der Waals surface area contributed by atoms with Crippen molar-refractivity contribution in [1.29, 1.82) is 0 Å². The number of hydrogen-bond donors (Lipinski definition) is 1. The van der Waals surface area contributed by atoms with Gasteiger partial charge in [0.15, 0.2) is 0 Å². The SMILES string of the molecule is C[C@H](c1ccccc1)N1CC2=C(OC(N)=C(c3nc(-c4ccccc4)no3)C2c2ccccc2)/C(=C/c2ccccc2)C1. The van der Waals surface area contributed by atoms with Crippen LogP contribution in [-0.2, 0) is 4.74 Å². The van der Waals surface area contributed by atoms with Crippen LogP contribution in [0.3, 0.4) is 0 Å². The molecule has 0 radical (unpaired) electrons. The van der Waals surface area contributed by atoms with Gasteiger partial charge in [0.2, 0.25) is 11.7 Å². The lowest BCUT2D eigenvalue weighted by Gasteiger charge is -2.41. The lowest BCUT2D eigenvalue weighted by molar-refractivity contribution is 0.203. The maximum Gasteiger partial charge on any atom is 0.260 e. The summed E-state index contributed by atoms with van der Waals surface area (Å²) < 4.78 is 12.5. The third kappa shape index (κ3) is 5.29. The minimum absolute atomic E-state index is 0.172. The topological polar surface area (TPSA) is 77.4 Å². The fraction of sp³-hybridized carbons (Fsp3) is 0.135. The predicted molar refractivity (Wildman–Crippen MR) is 169 cm³/mol. The summed E-state index contributed by atoms with van der Waals surface area (Å²) in [7, 11) is 0. The maximum atomic E-state index is 6.79. The van der Waals surface area contributed by atoms with Crippen LogP contribution in [0.15, 0.2) is 149 Å². The summed E-state index contributed by atoms with van der Waals surface area (Å²) in [6.45, 7) is 3.66. The molecule has 0 amide bonds. The fourth-order valence-electron chi connectivity index (χ4n) is 6.04. The molecule has 7 rings (SSSR count). The van der Waals surface area contributed by atoms with Gasteiger partial charge in [0.05, 0.1) is 5.57 Å².